The van der Waals surface area contributed by atoms with Gasteiger partial charge in [-0.05, 0) is 111 Å². The second-order valence-electron chi connectivity index (χ2n) is 33.8. The lowest BCUT2D eigenvalue weighted by atomic mass is 9.84. The van der Waals surface area contributed by atoms with E-state index in [4.69, 9.17) is 22.1 Å². The fourth-order valence-electron chi connectivity index (χ4n) is 15.5. The largest absolute Gasteiger partial charge is 0.508 e. The van der Waals surface area contributed by atoms with Crippen LogP contribution in [0.3, 0.4) is 0 Å². The number of unbranched alkanes of at least 4 members (excludes halogenated alkanes) is 1. The number of phenols is 2. The summed E-state index contributed by atoms with van der Waals surface area (Å²) in [6.07, 6.45) is -2.23. The highest BCUT2D eigenvalue weighted by molar-refractivity contribution is 8.00. The number of aromatic hydroxyl groups is 2. The number of thiophene rings is 1. The van der Waals surface area contributed by atoms with E-state index in [-0.39, 0.29) is 81.0 Å². The molecule has 6 aromatic carbocycles. The summed E-state index contributed by atoms with van der Waals surface area (Å²) in [6, 6.07) is 29.6. The number of nitrogens with two attached hydrogens (primary N) is 1. The first-order valence-corrected chi connectivity index (χ1v) is 45.7. The third-order valence-corrected chi connectivity index (χ3v) is 25.2. The molecule has 0 unspecified atom stereocenters. The molecule has 0 bridgehead atoms. The zero-order valence-corrected chi connectivity index (χ0v) is 77.3. The van der Waals surface area contributed by atoms with Crippen molar-refractivity contribution in [1.82, 2.24) is 56.4 Å². The van der Waals surface area contributed by atoms with Gasteiger partial charge in [0.15, 0.2) is 11.6 Å². The van der Waals surface area contributed by atoms with Crippen molar-refractivity contribution in [1.29, 1.82) is 0 Å². The van der Waals surface area contributed by atoms with Crippen LogP contribution in [0.4, 0.5) is 0 Å². The maximum Gasteiger partial charge on any atom is 0.293 e. The average molecular weight is 1840 g/mol. The summed E-state index contributed by atoms with van der Waals surface area (Å²) in [6.45, 7) is 6.86. The molecule has 1 saturated heterocycles. The molecule has 0 radical (unpaired) electrons. The molecule has 34 heteroatoms. The fourth-order valence-corrected chi connectivity index (χ4v) is 17.4. The van der Waals surface area contributed by atoms with E-state index in [1.807, 2.05) is 25.1 Å². The number of primary amides is 1. The number of amides is 12. The van der Waals surface area contributed by atoms with Crippen molar-refractivity contribution >= 4 is 139 Å². The summed E-state index contributed by atoms with van der Waals surface area (Å²) in [7, 11) is 6.79. The van der Waals surface area contributed by atoms with Gasteiger partial charge in [0, 0.05) is 121 Å². The van der Waals surface area contributed by atoms with Crippen LogP contribution in [-0.2, 0) is 120 Å². The number of rotatable bonds is 25. The number of hydrogen-bond donors (Lipinski definition) is 9. The molecule has 31 nitrogen and oxygen atoms in total. The topological polar surface area (TPSA) is 437 Å². The Morgan fingerprint density at radius 1 is 0.515 bits per heavy atom. The van der Waals surface area contributed by atoms with Crippen molar-refractivity contribution in [2.24, 2.45) is 29.4 Å². The number of ketones is 3. The number of likely N-dealkylation sites (N-methyl/N-ethyl adjacent to an activating group) is 5. The molecule has 696 valence electrons. The van der Waals surface area contributed by atoms with Crippen LogP contribution in [0.1, 0.15) is 119 Å². The number of fused-ring (bicyclic) bond motifs is 1. The predicted molar refractivity (Wildman–Crippen MR) is 494 cm³/mol. The molecule has 1 fully saturated rings. The van der Waals surface area contributed by atoms with Gasteiger partial charge in [-0.2, -0.15) is 0 Å². The second-order valence-corrected chi connectivity index (χ2v) is 36.2. The van der Waals surface area contributed by atoms with Crippen LogP contribution >= 0.6 is 34.7 Å². The second kappa shape index (κ2) is 50.6. The first-order chi connectivity index (χ1) is 61.9. The van der Waals surface area contributed by atoms with Gasteiger partial charge in [-0.3, -0.25) is 76.7 Å². The normalized spacial score (nSPS) is 22.0. The van der Waals surface area contributed by atoms with Crippen LogP contribution in [0, 0.1) is 23.7 Å². The first-order valence-electron chi connectivity index (χ1n) is 43.3. The Labute approximate surface area is 770 Å². The number of nitrogens with one attached hydrogen (secondary N) is 6. The van der Waals surface area contributed by atoms with Gasteiger partial charge in [0.2, 0.25) is 70.9 Å². The van der Waals surface area contributed by atoms with Crippen molar-refractivity contribution in [3.8, 4) is 11.5 Å². The lowest BCUT2D eigenvalue weighted by Crippen LogP contribution is -2.59. The van der Waals surface area contributed by atoms with Crippen molar-refractivity contribution in [3.05, 3.63) is 202 Å². The summed E-state index contributed by atoms with van der Waals surface area (Å²) in [4.78, 5) is 241. The Bertz CT molecular complexity index is 5090. The highest BCUT2D eigenvalue weighted by Crippen LogP contribution is 2.30. The van der Waals surface area contributed by atoms with E-state index in [2.05, 4.69) is 31.9 Å². The minimum atomic E-state index is -1.57. The molecule has 8 rings (SSSR count). The zero-order valence-electron chi connectivity index (χ0n) is 74.9. The molecule has 130 heavy (non-hydrogen) atoms. The van der Waals surface area contributed by atoms with E-state index in [0.717, 1.165) is 36.5 Å². The molecule has 10 N–H and O–H groups in total. The number of nitrogens with zero attached hydrogens (tertiary/aromatic N) is 5. The van der Waals surface area contributed by atoms with E-state index in [1.54, 1.807) is 124 Å². The predicted octanol–water partition coefficient (Wildman–Crippen LogP) is 6.83. The Morgan fingerprint density at radius 3 is 1.58 bits per heavy atom. The number of Topliss-reactive ketones (excluding diaryl/α,β-unsaturated/α-hetero) is 3. The number of halogens is 1. The number of carbonyl (C=O) groups excluding carboxylic acids is 16. The number of benzene rings is 6. The van der Waals surface area contributed by atoms with Gasteiger partial charge in [0.1, 0.15) is 72.2 Å². The van der Waals surface area contributed by atoms with Crippen LogP contribution in [-0.4, -0.2) is 250 Å². The Hall–Kier alpha value is -12.4. The molecule has 1 aliphatic rings. The molecule has 1 aliphatic heterocycles. The van der Waals surface area contributed by atoms with E-state index < -0.39 is 211 Å². The fraction of sp³-hybridized carbons (Fsp3) is 0.438. The zero-order chi connectivity index (χ0) is 95.0. The summed E-state index contributed by atoms with van der Waals surface area (Å²) in [5.41, 5.74) is 8.69. The third-order valence-electron chi connectivity index (χ3n) is 22.9. The summed E-state index contributed by atoms with van der Waals surface area (Å²) in [5.74, 6) is -16.4. The Morgan fingerprint density at radius 2 is 1.01 bits per heavy atom. The van der Waals surface area contributed by atoms with Gasteiger partial charge in [0.05, 0.1) is 30.8 Å². The first kappa shape index (κ1) is 103. The highest BCUT2D eigenvalue weighted by atomic mass is 35.5. The van der Waals surface area contributed by atoms with Gasteiger partial charge in [-0.1, -0.05) is 174 Å². The molecule has 0 spiro atoms. The summed E-state index contributed by atoms with van der Waals surface area (Å²) in [5, 5.41) is 40.5. The molecule has 7 aromatic rings. The maximum atomic E-state index is 15.6. The summed E-state index contributed by atoms with van der Waals surface area (Å²) >= 11 is 8.57. The standard InChI is InChI=1S/C96H119ClN12O19S2/c1-11-12-26-79-95(126)105(6)51-70(113)48-65(53-128-57-110)83(115)50-72(59(4)5)92(123)108(9)80(46-60-21-15-13-16-22-60)91(122)103-76(44-64-32-38-69(112)39-33-64)93(124)106(7)52-86(117)99-75(49-66-54-130-84-27-20-19-25-71(66)84)90(121)102-74(43-63-30-36-68(111)37-31-63)89(120)101-73(42-58(2)3)88(119)104-78(82(114)40-41-85(98)116)55-129-56-87(118)100-77(45-62-28-34-67(97)35-29-62)94(125)109(10)81(96(127)107(79)8)47-61-23-17-14-18-24-61/h13-25,27-39,54,57-59,65,72-81,111-112H,11-12,26,40-53,55-56H2,1-10H3,(H2,98,116)(H,99,117)(H,100,118)(H,101,120)(H,102,121)(H,103,122)(H,104,119)/t65-,72-,73-,74-,75-,76-,77-,78-,79-,80-,81-/m0/s1. The molecule has 1 aromatic heterocycles. The highest BCUT2D eigenvalue weighted by Gasteiger charge is 2.42. The van der Waals surface area contributed by atoms with E-state index in [1.165, 1.54) is 105 Å². The van der Waals surface area contributed by atoms with E-state index >= 15 is 43.2 Å². The van der Waals surface area contributed by atoms with Gasteiger partial charge in [0.25, 0.3) is 6.47 Å². The summed E-state index contributed by atoms with van der Waals surface area (Å²) < 4.78 is 5.99. The van der Waals surface area contributed by atoms with Crippen LogP contribution < -0.4 is 37.6 Å². The number of ether oxygens (including phenoxy) is 1. The van der Waals surface area contributed by atoms with Gasteiger partial charge >= 0.3 is 0 Å². The molecular weight excluding hydrogens is 1720 g/mol. The quantitative estimate of drug-likeness (QED) is 0.0265. The Kier molecular flexibility index (Phi) is 40.1. The van der Waals surface area contributed by atoms with Crippen LogP contribution in [0.5, 0.6) is 11.5 Å². The molecule has 0 aliphatic carbocycles. The molecular formula is C96H119ClN12O19S2. The maximum absolute atomic E-state index is 15.6. The smallest absolute Gasteiger partial charge is 0.293 e. The van der Waals surface area contributed by atoms with Crippen LogP contribution in [0.2, 0.25) is 5.02 Å². The minimum absolute atomic E-state index is 0.0664. The van der Waals surface area contributed by atoms with Crippen LogP contribution in [0.15, 0.2) is 163 Å². The van der Waals surface area contributed by atoms with Crippen molar-refractivity contribution in [3.63, 3.8) is 0 Å². The average Bonchev–Trinajstić information content (AvgIpc) is 1.56. The number of phenolic OH excluding ortho intramolecular Hbond substituents is 2. The van der Waals surface area contributed by atoms with Crippen molar-refractivity contribution < 1.29 is 91.7 Å². The van der Waals surface area contributed by atoms with E-state index in [0.29, 0.717) is 51.2 Å². The lowest BCUT2D eigenvalue weighted by Gasteiger charge is -2.37. The third kappa shape index (κ3) is 31.2. The molecule has 11 atom stereocenters. The van der Waals surface area contributed by atoms with Crippen molar-refractivity contribution in [2.45, 2.75) is 179 Å². The van der Waals surface area contributed by atoms with E-state index in [9.17, 15) is 43.8 Å². The van der Waals surface area contributed by atoms with Gasteiger partial charge in [-0.15, -0.1) is 23.1 Å². The molecule has 12 amide bonds. The SMILES string of the molecule is CCCC[C@H]1C(=O)N(C)CC(=O)C[C@@H](COC=O)C(=O)C[C@@H](C(C)C)C(=O)N(C)[C@@H](Cc2ccccc2)C(=O)N[C@@H](Cc2ccc(O)cc2)C(=O)N(C)CC(=O)N[C@@H](Cc2csc3ccccc23)C(=O)N[C@@H](Cc2ccc(O)cc2)C(=O)N[C@@H](CC(C)C)C(=O)N[C@H](C(=O)CCC(N)=O)CSCC(=O)N[C@@H](Cc2ccc(Cl)cc2)C(=O)N(C)[C@@H](Cc2ccccc2)C(=O)N1C. The van der Waals surface area contributed by atoms with Crippen molar-refractivity contribution in [2.75, 3.05) is 66.4 Å². The number of thioether (sulfide) groups is 1. The lowest BCUT2D eigenvalue weighted by molar-refractivity contribution is -0.151. The van der Waals surface area contributed by atoms with Gasteiger partial charge < -0.3 is 77.1 Å². The monoisotopic (exact) mass is 1840 g/mol. The minimum Gasteiger partial charge on any atom is -0.508 e. The van der Waals surface area contributed by atoms with Crippen LogP contribution in [0.25, 0.3) is 10.1 Å². The number of hydrogen-bond acceptors (Lipinski definition) is 21. The molecule has 0 saturated carbocycles. The molecule has 2 heterocycles. The Balaban J connectivity index is 1.21. The van der Waals surface area contributed by atoms with Gasteiger partial charge in [-0.25, -0.2) is 0 Å². The number of carbonyl (C=O) groups is 16.